The molecule has 0 aliphatic heterocycles. The third kappa shape index (κ3) is 4.87. The molecule has 1 fully saturated rings. The topological polar surface area (TPSA) is 9.23 Å². The van der Waals surface area contributed by atoms with Crippen molar-refractivity contribution in [2.24, 2.45) is 5.41 Å². The van der Waals surface area contributed by atoms with Crippen LogP contribution in [0.15, 0.2) is 76.5 Å². The monoisotopic (exact) mass is 444 g/mol. The second kappa shape index (κ2) is 9.15. The van der Waals surface area contributed by atoms with E-state index < -0.39 is 8.07 Å². The van der Waals surface area contributed by atoms with Crippen LogP contribution >= 0.6 is 0 Å². The Hall–Kier alpha value is -1.90. The number of hydrogen-bond donors (Lipinski definition) is 0. The van der Waals surface area contributed by atoms with Crippen molar-refractivity contribution in [3.8, 4) is 0 Å². The van der Waals surface area contributed by atoms with Crippen molar-refractivity contribution in [3.05, 3.63) is 93.2 Å². The lowest BCUT2D eigenvalue weighted by atomic mass is 9.71. The molecule has 1 saturated carbocycles. The molecule has 2 aromatic carbocycles. The van der Waals surface area contributed by atoms with E-state index in [-0.39, 0.29) is 5.41 Å². The van der Waals surface area contributed by atoms with Gasteiger partial charge in [0.2, 0.25) is 0 Å². The number of benzene rings is 2. The molecule has 2 aromatic rings. The highest BCUT2D eigenvalue weighted by Gasteiger charge is 2.46. The fraction of sp³-hybridized carbons (Fsp3) is 0.467. The molecule has 2 aliphatic carbocycles. The van der Waals surface area contributed by atoms with E-state index in [0.29, 0.717) is 6.10 Å². The highest BCUT2D eigenvalue weighted by Crippen LogP contribution is 2.56. The summed E-state index contributed by atoms with van der Waals surface area (Å²) in [5, 5.41) is 1.79. The maximum atomic E-state index is 5.93. The predicted molar refractivity (Wildman–Crippen MR) is 140 cm³/mol. The van der Waals surface area contributed by atoms with Gasteiger partial charge in [0, 0.05) is 7.11 Å². The SMILES string of the molecule is CO[C@H]1CC2=C(CCc3cccc(C)c3)C(Cc3ccccc3)=C([Si](C)(C)C)C[C@@]2(C)C1. The van der Waals surface area contributed by atoms with Gasteiger partial charge in [-0.1, -0.05) is 97.5 Å². The molecule has 0 heterocycles. The summed E-state index contributed by atoms with van der Waals surface area (Å²) in [6, 6.07) is 20.2. The molecule has 0 radical (unpaired) electrons. The van der Waals surface area contributed by atoms with Crippen LogP contribution in [0.3, 0.4) is 0 Å². The molecule has 0 unspecified atom stereocenters. The van der Waals surface area contributed by atoms with Crippen LogP contribution in [0, 0.1) is 12.3 Å². The lowest BCUT2D eigenvalue weighted by Gasteiger charge is -2.41. The average molecular weight is 445 g/mol. The number of fused-ring (bicyclic) bond motifs is 1. The van der Waals surface area contributed by atoms with Gasteiger partial charge in [-0.15, -0.1) is 0 Å². The number of allylic oxidation sites excluding steroid dienone is 3. The van der Waals surface area contributed by atoms with E-state index >= 15 is 0 Å². The Morgan fingerprint density at radius 1 is 0.938 bits per heavy atom. The minimum Gasteiger partial charge on any atom is -0.381 e. The lowest BCUT2D eigenvalue weighted by molar-refractivity contribution is 0.0975. The number of rotatable bonds is 7. The van der Waals surface area contributed by atoms with E-state index in [0.717, 1.165) is 25.7 Å². The summed E-state index contributed by atoms with van der Waals surface area (Å²) < 4.78 is 5.93. The van der Waals surface area contributed by atoms with E-state index in [1.165, 1.54) is 29.5 Å². The van der Waals surface area contributed by atoms with Gasteiger partial charge in [0.1, 0.15) is 0 Å². The van der Waals surface area contributed by atoms with Gasteiger partial charge in [-0.25, -0.2) is 0 Å². The molecule has 0 aromatic heterocycles. The van der Waals surface area contributed by atoms with E-state index in [1.807, 2.05) is 7.11 Å². The van der Waals surface area contributed by atoms with Crippen LogP contribution in [-0.2, 0) is 17.6 Å². The minimum absolute atomic E-state index is 0.262. The third-order valence-corrected chi connectivity index (χ3v) is 10.00. The molecule has 0 spiro atoms. The first kappa shape index (κ1) is 23.3. The predicted octanol–water partition coefficient (Wildman–Crippen LogP) is 7.86. The largest absolute Gasteiger partial charge is 0.381 e. The first-order chi connectivity index (χ1) is 15.2. The van der Waals surface area contributed by atoms with Crippen molar-refractivity contribution < 1.29 is 4.74 Å². The Bertz CT molecular complexity index is 1020. The number of ether oxygens (including phenoxy) is 1. The minimum atomic E-state index is -1.47. The zero-order valence-corrected chi connectivity index (χ0v) is 21.9. The van der Waals surface area contributed by atoms with Gasteiger partial charge in [-0.3, -0.25) is 0 Å². The molecule has 0 bridgehead atoms. The normalized spacial score (nSPS) is 23.6. The van der Waals surface area contributed by atoms with E-state index in [1.54, 1.807) is 21.9 Å². The van der Waals surface area contributed by atoms with Crippen molar-refractivity contribution in [3.63, 3.8) is 0 Å². The standard InChI is InChI=1S/C30H40OSi/c1-22-11-10-14-24(17-22)15-16-26-27(18-23-12-8-7-9-13-23)29(32(4,5)6)21-30(2)20-25(31-3)19-28(26)30/h7-14,17,25H,15-16,18-21H2,1-6H3/t25-,30+/m0/s1. The van der Waals surface area contributed by atoms with Crippen molar-refractivity contribution in [2.45, 2.75) is 78.1 Å². The Labute approximate surface area is 196 Å². The molecule has 1 nitrogen and oxygen atoms in total. The van der Waals surface area contributed by atoms with Gasteiger partial charge in [0.15, 0.2) is 0 Å². The van der Waals surface area contributed by atoms with Gasteiger partial charge < -0.3 is 4.74 Å². The van der Waals surface area contributed by atoms with E-state index in [9.17, 15) is 0 Å². The number of hydrogen-bond acceptors (Lipinski definition) is 1. The summed E-state index contributed by atoms with van der Waals surface area (Å²) >= 11 is 0. The van der Waals surface area contributed by atoms with E-state index in [2.05, 4.69) is 88.1 Å². The van der Waals surface area contributed by atoms with Crippen LogP contribution in [-0.4, -0.2) is 21.3 Å². The Kier molecular flexibility index (Phi) is 6.65. The summed E-state index contributed by atoms with van der Waals surface area (Å²) in [5.74, 6) is 0. The van der Waals surface area contributed by atoms with Crippen LogP contribution in [0.5, 0.6) is 0 Å². The van der Waals surface area contributed by atoms with Crippen LogP contribution in [0.1, 0.15) is 49.3 Å². The molecule has 4 rings (SSSR count). The second-order valence-corrected chi connectivity index (χ2v) is 16.4. The van der Waals surface area contributed by atoms with Gasteiger partial charge in [-0.2, -0.15) is 0 Å². The van der Waals surface area contributed by atoms with Crippen LogP contribution in [0.4, 0.5) is 0 Å². The molecular weight excluding hydrogens is 404 g/mol. The first-order valence-electron chi connectivity index (χ1n) is 12.3. The molecule has 0 saturated heterocycles. The Morgan fingerprint density at radius 3 is 2.31 bits per heavy atom. The smallest absolute Gasteiger partial charge is 0.0728 e. The summed E-state index contributed by atoms with van der Waals surface area (Å²) in [6.45, 7) is 12.4. The van der Waals surface area contributed by atoms with Crippen molar-refractivity contribution in [1.82, 2.24) is 0 Å². The molecular formula is C30H40OSi. The summed E-state index contributed by atoms with van der Waals surface area (Å²) in [6.07, 6.45) is 7.19. The van der Waals surface area contributed by atoms with Gasteiger partial charge in [0.05, 0.1) is 14.2 Å². The highest BCUT2D eigenvalue weighted by molar-refractivity contribution is 6.83. The lowest BCUT2D eigenvalue weighted by Crippen LogP contribution is -2.34. The third-order valence-electron chi connectivity index (χ3n) is 7.71. The highest BCUT2D eigenvalue weighted by atomic mass is 28.3. The fourth-order valence-corrected chi connectivity index (χ4v) is 8.10. The molecule has 2 heteroatoms. The maximum absolute atomic E-state index is 5.93. The summed E-state index contributed by atoms with van der Waals surface area (Å²) in [4.78, 5) is 0. The zero-order valence-electron chi connectivity index (χ0n) is 20.9. The average Bonchev–Trinajstić information content (AvgIpc) is 3.09. The maximum Gasteiger partial charge on any atom is 0.0728 e. The zero-order chi connectivity index (χ0) is 22.9. The van der Waals surface area contributed by atoms with E-state index in [4.69, 9.17) is 4.74 Å². The van der Waals surface area contributed by atoms with Crippen molar-refractivity contribution in [1.29, 1.82) is 0 Å². The molecule has 170 valence electrons. The number of methoxy groups -OCH3 is 1. The summed E-state index contributed by atoms with van der Waals surface area (Å²) in [5.41, 5.74) is 9.56. The fourth-order valence-electron chi connectivity index (χ4n) is 6.04. The van der Waals surface area contributed by atoms with Crippen LogP contribution in [0.2, 0.25) is 19.6 Å². The van der Waals surface area contributed by atoms with Crippen molar-refractivity contribution in [2.75, 3.05) is 7.11 Å². The quantitative estimate of drug-likeness (QED) is 0.395. The van der Waals surface area contributed by atoms with Gasteiger partial charge in [0.25, 0.3) is 0 Å². The van der Waals surface area contributed by atoms with Gasteiger partial charge >= 0.3 is 0 Å². The molecule has 2 atom stereocenters. The summed E-state index contributed by atoms with van der Waals surface area (Å²) in [7, 11) is 0.432. The van der Waals surface area contributed by atoms with Gasteiger partial charge in [-0.05, 0) is 73.1 Å². The molecule has 0 N–H and O–H groups in total. The first-order valence-corrected chi connectivity index (χ1v) is 15.8. The molecule has 2 aliphatic rings. The Balaban J connectivity index is 1.80. The number of aryl methyl sites for hydroxylation is 2. The van der Waals surface area contributed by atoms with Crippen molar-refractivity contribution >= 4 is 8.07 Å². The molecule has 32 heavy (non-hydrogen) atoms. The molecule has 0 amide bonds. The Morgan fingerprint density at radius 2 is 1.66 bits per heavy atom. The second-order valence-electron chi connectivity index (χ2n) is 11.3. The van der Waals surface area contributed by atoms with Crippen LogP contribution in [0.25, 0.3) is 0 Å². The van der Waals surface area contributed by atoms with Crippen LogP contribution < -0.4 is 0 Å².